The molecule has 0 spiro atoms. The summed E-state index contributed by atoms with van der Waals surface area (Å²) in [6.45, 7) is 1.84. The zero-order valence-corrected chi connectivity index (χ0v) is 14.2. The maximum Gasteiger partial charge on any atom is 0.254 e. The van der Waals surface area contributed by atoms with Gasteiger partial charge in [0, 0.05) is 10.7 Å². The first-order valence-corrected chi connectivity index (χ1v) is 8.08. The molecule has 2 aromatic rings. The molecule has 0 unspecified atom stereocenters. The van der Waals surface area contributed by atoms with Crippen molar-refractivity contribution in [3.63, 3.8) is 0 Å². The number of halogens is 1. The van der Waals surface area contributed by atoms with Gasteiger partial charge in [0.2, 0.25) is 11.8 Å². The Morgan fingerprint density at radius 3 is 2.76 bits per heavy atom. The van der Waals surface area contributed by atoms with E-state index in [9.17, 15) is 14.4 Å². The molecular formula is C18H16ClN3O3. The van der Waals surface area contributed by atoms with Gasteiger partial charge >= 0.3 is 0 Å². The molecule has 7 heteroatoms. The summed E-state index contributed by atoms with van der Waals surface area (Å²) in [5, 5.41) is 8.48. The third-order valence-corrected chi connectivity index (χ3v) is 4.15. The first kappa shape index (κ1) is 17.0. The summed E-state index contributed by atoms with van der Waals surface area (Å²) in [5.74, 6) is -1.22. The molecular weight excluding hydrogens is 342 g/mol. The van der Waals surface area contributed by atoms with Gasteiger partial charge in [-0.15, -0.1) is 0 Å². The normalized spacial score (nSPS) is 16.3. The third-order valence-electron chi connectivity index (χ3n) is 3.91. The molecule has 25 heavy (non-hydrogen) atoms. The number of hydrogen-bond acceptors (Lipinski definition) is 3. The van der Waals surface area contributed by atoms with Gasteiger partial charge in [0.05, 0.1) is 17.7 Å². The second kappa shape index (κ2) is 6.94. The van der Waals surface area contributed by atoms with E-state index in [1.165, 1.54) is 0 Å². The fourth-order valence-electron chi connectivity index (χ4n) is 2.57. The van der Waals surface area contributed by atoms with Crippen LogP contribution in [-0.2, 0) is 9.59 Å². The predicted octanol–water partition coefficient (Wildman–Crippen LogP) is 2.73. The van der Waals surface area contributed by atoms with Crippen molar-refractivity contribution in [1.82, 2.24) is 5.32 Å². The number of amides is 3. The van der Waals surface area contributed by atoms with E-state index in [4.69, 9.17) is 11.6 Å². The zero-order chi connectivity index (χ0) is 18.0. The Morgan fingerprint density at radius 2 is 1.96 bits per heavy atom. The Hall–Kier alpha value is -2.86. The van der Waals surface area contributed by atoms with Gasteiger partial charge in [-0.1, -0.05) is 29.8 Å². The number of carbonyl (C=O) groups is 3. The molecule has 128 valence electrons. The summed E-state index contributed by atoms with van der Waals surface area (Å²) in [6.07, 6.45) is -0.183. The monoisotopic (exact) mass is 357 g/mol. The van der Waals surface area contributed by atoms with Crippen LogP contribution in [0.5, 0.6) is 0 Å². The van der Waals surface area contributed by atoms with E-state index in [0.29, 0.717) is 22.0 Å². The van der Waals surface area contributed by atoms with Gasteiger partial charge in [-0.25, -0.2) is 0 Å². The highest BCUT2D eigenvalue weighted by Crippen LogP contribution is 2.21. The molecule has 0 fully saturated rings. The number of rotatable bonds is 3. The summed E-state index contributed by atoms with van der Waals surface area (Å²) in [7, 11) is 0. The van der Waals surface area contributed by atoms with E-state index < -0.39 is 23.8 Å². The lowest BCUT2D eigenvalue weighted by molar-refractivity contribution is -0.122. The Labute approximate surface area is 149 Å². The number of anilines is 2. The maximum atomic E-state index is 12.3. The lowest BCUT2D eigenvalue weighted by Gasteiger charge is -2.15. The minimum atomic E-state index is -0.959. The third kappa shape index (κ3) is 3.80. The van der Waals surface area contributed by atoms with Crippen molar-refractivity contribution in [1.29, 1.82) is 0 Å². The molecule has 0 saturated heterocycles. The fraction of sp³-hybridized carbons (Fsp3) is 0.167. The Balaban J connectivity index is 1.72. The summed E-state index contributed by atoms with van der Waals surface area (Å²) >= 11 is 5.94. The zero-order valence-electron chi connectivity index (χ0n) is 13.4. The number of para-hydroxylation sites is 1. The molecule has 0 saturated carbocycles. The van der Waals surface area contributed by atoms with Crippen LogP contribution in [0.15, 0.2) is 42.5 Å². The van der Waals surface area contributed by atoms with Crippen LogP contribution < -0.4 is 16.0 Å². The van der Waals surface area contributed by atoms with Crippen LogP contribution in [-0.4, -0.2) is 23.8 Å². The minimum absolute atomic E-state index is 0.183. The van der Waals surface area contributed by atoms with Gasteiger partial charge in [0.1, 0.15) is 6.04 Å². The highest BCUT2D eigenvalue weighted by Gasteiger charge is 2.29. The molecule has 0 aliphatic carbocycles. The van der Waals surface area contributed by atoms with Crippen LogP contribution in [0.4, 0.5) is 11.4 Å². The predicted molar refractivity (Wildman–Crippen MR) is 95.8 cm³/mol. The van der Waals surface area contributed by atoms with Crippen molar-refractivity contribution in [3.8, 4) is 0 Å². The van der Waals surface area contributed by atoms with Gasteiger partial charge in [0.25, 0.3) is 5.91 Å². The lowest BCUT2D eigenvalue weighted by atomic mass is 10.1. The Bertz CT molecular complexity index is 866. The van der Waals surface area contributed by atoms with Crippen molar-refractivity contribution in [2.24, 2.45) is 0 Å². The van der Waals surface area contributed by atoms with Crippen molar-refractivity contribution in [3.05, 3.63) is 58.6 Å². The van der Waals surface area contributed by atoms with Gasteiger partial charge in [-0.2, -0.15) is 0 Å². The molecule has 0 aromatic heterocycles. The summed E-state index contributed by atoms with van der Waals surface area (Å²) in [6, 6.07) is 10.9. The van der Waals surface area contributed by atoms with Crippen molar-refractivity contribution >= 4 is 40.7 Å². The number of aryl methyl sites for hydroxylation is 1. The van der Waals surface area contributed by atoms with Crippen LogP contribution in [0.2, 0.25) is 5.02 Å². The standard InChI is InChI=1S/C18H16ClN3O3/c1-10-6-7-11(19)8-14(10)20-16(23)9-15-18(25)21-13-5-3-2-4-12(13)17(24)22-15/h2-8,15H,9H2,1H3,(H,20,23)(H,21,25)(H,22,24)/t15-/m1/s1. The summed E-state index contributed by atoms with van der Waals surface area (Å²) in [4.78, 5) is 36.8. The topological polar surface area (TPSA) is 87.3 Å². The number of nitrogens with one attached hydrogen (secondary N) is 3. The average Bonchev–Trinajstić information content (AvgIpc) is 2.68. The van der Waals surface area contributed by atoms with Crippen molar-refractivity contribution in [2.45, 2.75) is 19.4 Å². The van der Waals surface area contributed by atoms with E-state index in [2.05, 4.69) is 16.0 Å². The van der Waals surface area contributed by atoms with Crippen LogP contribution in [0.3, 0.4) is 0 Å². The molecule has 0 radical (unpaired) electrons. The fourth-order valence-corrected chi connectivity index (χ4v) is 2.74. The number of hydrogen-bond donors (Lipinski definition) is 3. The molecule has 3 rings (SSSR count). The number of fused-ring (bicyclic) bond motifs is 1. The van der Waals surface area contributed by atoms with E-state index >= 15 is 0 Å². The maximum absolute atomic E-state index is 12.3. The smallest absolute Gasteiger partial charge is 0.254 e. The van der Waals surface area contributed by atoms with Crippen LogP contribution >= 0.6 is 11.6 Å². The van der Waals surface area contributed by atoms with Gasteiger partial charge in [-0.05, 0) is 36.8 Å². The van der Waals surface area contributed by atoms with Gasteiger partial charge in [0.15, 0.2) is 0 Å². The summed E-state index contributed by atoms with van der Waals surface area (Å²) < 4.78 is 0. The molecule has 1 heterocycles. The largest absolute Gasteiger partial charge is 0.340 e. The number of benzene rings is 2. The molecule has 1 aliphatic rings. The second-order valence-corrected chi connectivity index (χ2v) is 6.21. The first-order chi connectivity index (χ1) is 11.9. The minimum Gasteiger partial charge on any atom is -0.340 e. The van der Waals surface area contributed by atoms with Gasteiger partial charge < -0.3 is 16.0 Å². The van der Waals surface area contributed by atoms with Crippen LogP contribution in [0, 0.1) is 6.92 Å². The highest BCUT2D eigenvalue weighted by atomic mass is 35.5. The van der Waals surface area contributed by atoms with Gasteiger partial charge in [-0.3, -0.25) is 14.4 Å². The molecule has 3 amide bonds. The molecule has 6 nitrogen and oxygen atoms in total. The van der Waals surface area contributed by atoms with E-state index in [1.54, 1.807) is 42.5 Å². The second-order valence-electron chi connectivity index (χ2n) is 5.77. The molecule has 2 aromatic carbocycles. The summed E-state index contributed by atoms with van der Waals surface area (Å²) in [5.41, 5.74) is 2.21. The first-order valence-electron chi connectivity index (χ1n) is 7.71. The quantitative estimate of drug-likeness (QED) is 0.789. The Morgan fingerprint density at radius 1 is 1.20 bits per heavy atom. The van der Waals surface area contributed by atoms with E-state index in [-0.39, 0.29) is 6.42 Å². The molecule has 0 bridgehead atoms. The lowest BCUT2D eigenvalue weighted by Crippen LogP contribution is -2.43. The Kier molecular flexibility index (Phi) is 4.72. The molecule has 1 aliphatic heterocycles. The molecule has 1 atom stereocenters. The highest BCUT2D eigenvalue weighted by molar-refractivity contribution is 6.31. The SMILES string of the molecule is Cc1ccc(Cl)cc1NC(=O)C[C@H]1NC(=O)c2ccccc2NC1=O. The van der Waals surface area contributed by atoms with Crippen molar-refractivity contribution in [2.75, 3.05) is 10.6 Å². The number of carbonyl (C=O) groups excluding carboxylic acids is 3. The van der Waals surface area contributed by atoms with Crippen LogP contribution in [0.1, 0.15) is 22.3 Å². The van der Waals surface area contributed by atoms with E-state index in [0.717, 1.165) is 5.56 Å². The average molecular weight is 358 g/mol. The van der Waals surface area contributed by atoms with Crippen molar-refractivity contribution < 1.29 is 14.4 Å². The van der Waals surface area contributed by atoms with Crippen LogP contribution in [0.25, 0.3) is 0 Å². The molecule has 3 N–H and O–H groups in total. The van der Waals surface area contributed by atoms with E-state index in [1.807, 2.05) is 6.92 Å².